The summed E-state index contributed by atoms with van der Waals surface area (Å²) in [6.45, 7) is 0. The summed E-state index contributed by atoms with van der Waals surface area (Å²) in [5.74, 6) is 0.622. The lowest BCUT2D eigenvalue weighted by Crippen LogP contribution is -2.11. The second kappa shape index (κ2) is 5.24. The fourth-order valence-electron chi connectivity index (χ4n) is 2.14. The topological polar surface area (TPSA) is 52.0 Å². The van der Waals surface area contributed by atoms with E-state index in [1.165, 1.54) is 5.56 Å². The summed E-state index contributed by atoms with van der Waals surface area (Å²) in [5.41, 5.74) is 9.10. The molecule has 0 radical (unpaired) electrons. The van der Waals surface area contributed by atoms with Gasteiger partial charge in [0.05, 0.1) is 6.04 Å². The summed E-state index contributed by atoms with van der Waals surface area (Å²) in [6, 6.07) is 17.9. The summed E-state index contributed by atoms with van der Waals surface area (Å²) in [7, 11) is 0. The first-order valence-corrected chi connectivity index (χ1v) is 6.48. The number of nitrogens with two attached hydrogens (primary N) is 1. The van der Waals surface area contributed by atoms with E-state index in [9.17, 15) is 0 Å². The van der Waals surface area contributed by atoms with Crippen molar-refractivity contribution in [1.82, 2.24) is 4.98 Å². The highest BCUT2D eigenvalue weighted by molar-refractivity contribution is 5.72. The lowest BCUT2D eigenvalue weighted by molar-refractivity contribution is 0.459. The van der Waals surface area contributed by atoms with Crippen LogP contribution >= 0.6 is 0 Å². The zero-order valence-electron chi connectivity index (χ0n) is 10.6. The molecule has 1 heterocycles. The maximum atomic E-state index is 6.15. The highest BCUT2D eigenvalue weighted by atomic mass is 16.3. The Morgan fingerprint density at radius 2 is 1.74 bits per heavy atom. The van der Waals surface area contributed by atoms with Gasteiger partial charge >= 0.3 is 0 Å². The van der Waals surface area contributed by atoms with E-state index >= 15 is 0 Å². The van der Waals surface area contributed by atoms with E-state index in [-0.39, 0.29) is 6.04 Å². The van der Waals surface area contributed by atoms with Crippen molar-refractivity contribution < 1.29 is 4.42 Å². The van der Waals surface area contributed by atoms with Crippen molar-refractivity contribution in [3.63, 3.8) is 0 Å². The van der Waals surface area contributed by atoms with E-state index in [0.717, 1.165) is 23.9 Å². The van der Waals surface area contributed by atoms with Crippen molar-refractivity contribution in [1.29, 1.82) is 0 Å². The van der Waals surface area contributed by atoms with Crippen molar-refractivity contribution in [2.45, 2.75) is 18.9 Å². The van der Waals surface area contributed by atoms with E-state index < -0.39 is 0 Å². The van der Waals surface area contributed by atoms with Gasteiger partial charge in [-0.2, -0.15) is 0 Å². The SMILES string of the molecule is NC(CCc1ccccc1)c1nc2ccccc2o1. The summed E-state index contributed by atoms with van der Waals surface area (Å²) in [4.78, 5) is 4.43. The maximum absolute atomic E-state index is 6.15. The standard InChI is InChI=1S/C16H16N2O/c17-13(11-10-12-6-2-1-3-7-12)16-18-14-8-4-5-9-15(14)19-16/h1-9,13H,10-11,17H2. The van der Waals surface area contributed by atoms with Gasteiger partial charge in [0.1, 0.15) is 5.52 Å². The number of rotatable bonds is 4. The number of hydrogen-bond donors (Lipinski definition) is 1. The zero-order chi connectivity index (χ0) is 13.1. The number of para-hydroxylation sites is 2. The van der Waals surface area contributed by atoms with Gasteiger partial charge in [0.2, 0.25) is 5.89 Å². The van der Waals surface area contributed by atoms with Crippen LogP contribution in [0.25, 0.3) is 11.1 Å². The zero-order valence-corrected chi connectivity index (χ0v) is 10.6. The Morgan fingerprint density at radius 1 is 1.00 bits per heavy atom. The molecule has 0 saturated heterocycles. The molecule has 0 fully saturated rings. The maximum Gasteiger partial charge on any atom is 0.212 e. The molecule has 0 aliphatic rings. The van der Waals surface area contributed by atoms with Gasteiger partial charge in [-0.1, -0.05) is 42.5 Å². The third kappa shape index (κ3) is 2.66. The van der Waals surface area contributed by atoms with E-state index in [1.807, 2.05) is 42.5 Å². The molecule has 2 aromatic carbocycles. The van der Waals surface area contributed by atoms with Crippen LogP contribution in [0, 0.1) is 0 Å². The van der Waals surface area contributed by atoms with Crippen LogP contribution in [0.15, 0.2) is 59.0 Å². The van der Waals surface area contributed by atoms with Crippen LogP contribution in [0.1, 0.15) is 23.9 Å². The fourth-order valence-corrected chi connectivity index (χ4v) is 2.14. The first kappa shape index (κ1) is 11.9. The third-order valence-electron chi connectivity index (χ3n) is 3.21. The normalized spacial score (nSPS) is 12.7. The van der Waals surface area contributed by atoms with Crippen molar-refractivity contribution >= 4 is 11.1 Å². The summed E-state index contributed by atoms with van der Waals surface area (Å²) >= 11 is 0. The van der Waals surface area contributed by atoms with E-state index in [2.05, 4.69) is 17.1 Å². The van der Waals surface area contributed by atoms with Crippen LogP contribution in [0.3, 0.4) is 0 Å². The first-order valence-electron chi connectivity index (χ1n) is 6.48. The molecule has 0 spiro atoms. The minimum Gasteiger partial charge on any atom is -0.439 e. The minimum absolute atomic E-state index is 0.160. The van der Waals surface area contributed by atoms with Crippen molar-refractivity contribution in [2.24, 2.45) is 5.73 Å². The molecule has 0 amide bonds. The average Bonchev–Trinajstić information content (AvgIpc) is 2.90. The number of hydrogen-bond acceptors (Lipinski definition) is 3. The van der Waals surface area contributed by atoms with Gasteiger partial charge in [-0.25, -0.2) is 4.98 Å². The van der Waals surface area contributed by atoms with Crippen LogP contribution in [0.2, 0.25) is 0 Å². The Morgan fingerprint density at radius 3 is 2.53 bits per heavy atom. The van der Waals surface area contributed by atoms with Gasteiger partial charge in [-0.15, -0.1) is 0 Å². The lowest BCUT2D eigenvalue weighted by atomic mass is 10.1. The van der Waals surface area contributed by atoms with Crippen LogP contribution in [0.4, 0.5) is 0 Å². The highest BCUT2D eigenvalue weighted by Crippen LogP contribution is 2.21. The number of oxazole rings is 1. The molecule has 1 atom stereocenters. The Labute approximate surface area is 112 Å². The molecule has 0 bridgehead atoms. The quantitative estimate of drug-likeness (QED) is 0.773. The molecule has 0 saturated carbocycles. The molecule has 19 heavy (non-hydrogen) atoms. The Kier molecular flexibility index (Phi) is 3.29. The highest BCUT2D eigenvalue weighted by Gasteiger charge is 2.13. The predicted molar refractivity (Wildman–Crippen MR) is 75.7 cm³/mol. The van der Waals surface area contributed by atoms with Gasteiger partial charge in [-0.05, 0) is 30.5 Å². The monoisotopic (exact) mass is 252 g/mol. The van der Waals surface area contributed by atoms with Gasteiger partial charge in [0, 0.05) is 0 Å². The molecule has 3 rings (SSSR count). The molecule has 0 aliphatic heterocycles. The molecular weight excluding hydrogens is 236 g/mol. The largest absolute Gasteiger partial charge is 0.439 e. The van der Waals surface area contributed by atoms with Crippen LogP contribution < -0.4 is 5.73 Å². The predicted octanol–water partition coefficient (Wildman–Crippen LogP) is 3.46. The minimum atomic E-state index is -0.160. The van der Waals surface area contributed by atoms with Crippen molar-refractivity contribution in [2.75, 3.05) is 0 Å². The Hall–Kier alpha value is -2.13. The molecule has 3 nitrogen and oxygen atoms in total. The summed E-state index contributed by atoms with van der Waals surface area (Å²) in [5, 5.41) is 0. The molecule has 2 N–H and O–H groups in total. The average molecular weight is 252 g/mol. The Balaban J connectivity index is 1.71. The van der Waals surface area contributed by atoms with Crippen LogP contribution in [0.5, 0.6) is 0 Å². The van der Waals surface area contributed by atoms with Gasteiger partial charge < -0.3 is 10.2 Å². The molecule has 96 valence electrons. The second-order valence-electron chi connectivity index (χ2n) is 4.65. The van der Waals surface area contributed by atoms with E-state index in [0.29, 0.717) is 5.89 Å². The molecule has 3 aromatic rings. The van der Waals surface area contributed by atoms with E-state index in [1.54, 1.807) is 0 Å². The number of aryl methyl sites for hydroxylation is 1. The number of fused-ring (bicyclic) bond motifs is 1. The fraction of sp³-hybridized carbons (Fsp3) is 0.188. The first-order chi connectivity index (χ1) is 9.33. The molecule has 1 aromatic heterocycles. The van der Waals surface area contributed by atoms with Gasteiger partial charge in [0.25, 0.3) is 0 Å². The third-order valence-corrected chi connectivity index (χ3v) is 3.21. The summed E-state index contributed by atoms with van der Waals surface area (Å²) in [6.07, 6.45) is 1.76. The second-order valence-corrected chi connectivity index (χ2v) is 4.65. The molecular formula is C16H16N2O. The molecule has 1 unspecified atom stereocenters. The molecule has 0 aliphatic carbocycles. The van der Waals surface area contributed by atoms with Gasteiger partial charge in [0.15, 0.2) is 5.58 Å². The molecule has 3 heteroatoms. The van der Waals surface area contributed by atoms with E-state index in [4.69, 9.17) is 10.2 Å². The van der Waals surface area contributed by atoms with Crippen LogP contribution in [-0.2, 0) is 6.42 Å². The number of benzene rings is 2. The van der Waals surface area contributed by atoms with Crippen molar-refractivity contribution in [3.8, 4) is 0 Å². The number of nitrogens with zero attached hydrogens (tertiary/aromatic N) is 1. The summed E-state index contributed by atoms with van der Waals surface area (Å²) < 4.78 is 5.68. The van der Waals surface area contributed by atoms with Gasteiger partial charge in [-0.3, -0.25) is 0 Å². The lowest BCUT2D eigenvalue weighted by Gasteiger charge is -2.06. The Bertz CT molecular complexity index is 628. The van der Waals surface area contributed by atoms with Crippen molar-refractivity contribution in [3.05, 3.63) is 66.1 Å². The van der Waals surface area contributed by atoms with Crippen LogP contribution in [-0.4, -0.2) is 4.98 Å². The number of aromatic nitrogens is 1. The smallest absolute Gasteiger partial charge is 0.212 e.